The maximum Gasteiger partial charge on any atom is 0.225 e. The van der Waals surface area contributed by atoms with Gasteiger partial charge in [0.05, 0.1) is 0 Å². The van der Waals surface area contributed by atoms with E-state index in [2.05, 4.69) is 15.3 Å². The normalized spacial score (nSPS) is 23.8. The summed E-state index contributed by atoms with van der Waals surface area (Å²) in [5.74, 6) is 1.68. The van der Waals surface area contributed by atoms with Crippen molar-refractivity contribution in [3.8, 4) is 0 Å². The summed E-state index contributed by atoms with van der Waals surface area (Å²) in [6.45, 7) is 2.00. The second kappa shape index (κ2) is 5.52. The number of aryl methyl sites for hydroxylation is 1. The number of hydrogen-bond acceptors (Lipinski definition) is 5. The molecule has 0 atom stereocenters. The molecule has 0 aromatic carbocycles. The van der Waals surface area contributed by atoms with E-state index in [9.17, 15) is 0 Å². The Morgan fingerprint density at radius 2 is 1.89 bits per heavy atom. The van der Waals surface area contributed by atoms with Gasteiger partial charge in [-0.3, -0.25) is 0 Å². The Bertz CT molecular complexity index is 396. The molecule has 2 rings (SSSR count). The van der Waals surface area contributed by atoms with Gasteiger partial charge in [-0.25, -0.2) is 4.98 Å². The van der Waals surface area contributed by atoms with Crippen molar-refractivity contribution in [1.82, 2.24) is 9.97 Å². The Hall–Kier alpha value is -1.36. The monoisotopic (exact) mass is 249 g/mol. The summed E-state index contributed by atoms with van der Waals surface area (Å²) in [4.78, 5) is 11.0. The summed E-state index contributed by atoms with van der Waals surface area (Å²) < 4.78 is 0. The molecule has 0 saturated heterocycles. The quantitative estimate of drug-likeness (QED) is 0.850. The highest BCUT2D eigenvalue weighted by Gasteiger charge is 2.19. The number of nitrogens with one attached hydrogen (secondary N) is 1. The van der Waals surface area contributed by atoms with Crippen LogP contribution in [0.1, 0.15) is 31.4 Å². The van der Waals surface area contributed by atoms with Crippen LogP contribution in [0.5, 0.6) is 0 Å². The maximum atomic E-state index is 5.91. The highest BCUT2D eigenvalue weighted by molar-refractivity contribution is 5.43. The third-order valence-electron chi connectivity index (χ3n) is 3.40. The summed E-state index contributed by atoms with van der Waals surface area (Å²) in [6.07, 6.45) is 4.39. The van der Waals surface area contributed by atoms with Crippen molar-refractivity contribution in [2.75, 3.05) is 24.3 Å². The van der Waals surface area contributed by atoms with Gasteiger partial charge >= 0.3 is 0 Å². The van der Waals surface area contributed by atoms with Gasteiger partial charge in [-0.05, 0) is 32.6 Å². The molecule has 0 radical (unpaired) electrons. The van der Waals surface area contributed by atoms with E-state index in [0.717, 1.165) is 43.1 Å². The predicted molar refractivity (Wildman–Crippen MR) is 75.0 cm³/mol. The minimum atomic E-state index is 0.374. The van der Waals surface area contributed by atoms with Gasteiger partial charge in [0.15, 0.2) is 0 Å². The molecule has 18 heavy (non-hydrogen) atoms. The molecule has 0 bridgehead atoms. The molecule has 100 valence electrons. The first-order chi connectivity index (χ1) is 8.54. The van der Waals surface area contributed by atoms with E-state index in [0.29, 0.717) is 12.1 Å². The van der Waals surface area contributed by atoms with Crippen LogP contribution in [0.3, 0.4) is 0 Å². The number of rotatable bonds is 3. The lowest BCUT2D eigenvalue weighted by molar-refractivity contribution is 0.410. The standard InChI is InChI=1S/C13H23N5/c1-9-8-12(18(2)3)17-13(15-9)16-11-6-4-10(14)5-7-11/h8,10-11H,4-7,14H2,1-3H3,(H,15,16,17). The maximum absolute atomic E-state index is 5.91. The molecule has 0 spiro atoms. The number of aromatic nitrogens is 2. The molecule has 0 unspecified atom stereocenters. The summed E-state index contributed by atoms with van der Waals surface area (Å²) in [5.41, 5.74) is 6.90. The molecule has 5 nitrogen and oxygen atoms in total. The molecular weight excluding hydrogens is 226 g/mol. The second-order valence-corrected chi connectivity index (χ2v) is 5.34. The van der Waals surface area contributed by atoms with Gasteiger partial charge in [0, 0.05) is 37.9 Å². The largest absolute Gasteiger partial charge is 0.363 e. The van der Waals surface area contributed by atoms with Gasteiger partial charge in [0.2, 0.25) is 5.95 Å². The first-order valence-corrected chi connectivity index (χ1v) is 6.59. The van der Waals surface area contributed by atoms with E-state index in [-0.39, 0.29) is 0 Å². The van der Waals surface area contributed by atoms with Crippen molar-refractivity contribution >= 4 is 11.8 Å². The lowest BCUT2D eigenvalue weighted by atomic mass is 9.92. The van der Waals surface area contributed by atoms with Crippen molar-refractivity contribution in [2.45, 2.75) is 44.7 Å². The summed E-state index contributed by atoms with van der Waals surface area (Å²) in [7, 11) is 3.98. The molecule has 1 aliphatic carbocycles. The van der Waals surface area contributed by atoms with Crippen LogP contribution in [0.25, 0.3) is 0 Å². The highest BCUT2D eigenvalue weighted by Crippen LogP contribution is 2.21. The lowest BCUT2D eigenvalue weighted by Crippen LogP contribution is -2.33. The number of nitrogens with two attached hydrogens (primary N) is 1. The van der Waals surface area contributed by atoms with Gasteiger partial charge in [-0.15, -0.1) is 0 Å². The molecule has 3 N–H and O–H groups in total. The van der Waals surface area contributed by atoms with E-state index < -0.39 is 0 Å². The Labute approximate surface area is 109 Å². The van der Waals surface area contributed by atoms with Crippen molar-refractivity contribution in [3.63, 3.8) is 0 Å². The number of hydrogen-bond donors (Lipinski definition) is 2. The third-order valence-corrected chi connectivity index (χ3v) is 3.40. The highest BCUT2D eigenvalue weighted by atomic mass is 15.2. The SMILES string of the molecule is Cc1cc(N(C)C)nc(NC2CCC(N)CC2)n1. The smallest absolute Gasteiger partial charge is 0.225 e. The van der Waals surface area contributed by atoms with E-state index in [1.807, 2.05) is 32.0 Å². The fourth-order valence-corrected chi connectivity index (χ4v) is 2.29. The van der Waals surface area contributed by atoms with E-state index >= 15 is 0 Å². The zero-order valence-electron chi connectivity index (χ0n) is 11.5. The average Bonchev–Trinajstić information content (AvgIpc) is 2.31. The van der Waals surface area contributed by atoms with Gasteiger partial charge in [-0.2, -0.15) is 4.98 Å². The Morgan fingerprint density at radius 3 is 2.50 bits per heavy atom. The van der Waals surface area contributed by atoms with E-state index in [1.54, 1.807) is 0 Å². The molecular formula is C13H23N5. The van der Waals surface area contributed by atoms with Crippen molar-refractivity contribution < 1.29 is 0 Å². The average molecular weight is 249 g/mol. The third kappa shape index (κ3) is 3.32. The topological polar surface area (TPSA) is 67.1 Å². The molecule has 1 heterocycles. The first kappa shape index (κ1) is 13.1. The molecule has 0 aliphatic heterocycles. The molecule has 1 saturated carbocycles. The van der Waals surface area contributed by atoms with Gasteiger partial charge < -0.3 is 16.0 Å². The van der Waals surface area contributed by atoms with Gasteiger partial charge in [-0.1, -0.05) is 0 Å². The van der Waals surface area contributed by atoms with Crippen LogP contribution in [0.2, 0.25) is 0 Å². The zero-order chi connectivity index (χ0) is 13.1. The van der Waals surface area contributed by atoms with E-state index in [1.165, 1.54) is 0 Å². The molecule has 0 amide bonds. The molecule has 1 aromatic rings. The van der Waals surface area contributed by atoms with Crippen molar-refractivity contribution in [2.24, 2.45) is 5.73 Å². The minimum Gasteiger partial charge on any atom is -0.363 e. The Kier molecular flexibility index (Phi) is 4.01. The Morgan fingerprint density at radius 1 is 1.22 bits per heavy atom. The minimum absolute atomic E-state index is 0.374. The van der Waals surface area contributed by atoms with Crippen LogP contribution in [-0.2, 0) is 0 Å². The predicted octanol–water partition coefficient (Wildman–Crippen LogP) is 1.53. The zero-order valence-corrected chi connectivity index (χ0v) is 11.5. The van der Waals surface area contributed by atoms with Gasteiger partial charge in [0.1, 0.15) is 5.82 Å². The Balaban J connectivity index is 2.04. The number of anilines is 2. The molecule has 1 aliphatic rings. The van der Waals surface area contributed by atoms with Crippen LogP contribution < -0.4 is 16.0 Å². The van der Waals surface area contributed by atoms with Crippen LogP contribution in [-0.4, -0.2) is 36.1 Å². The summed E-state index contributed by atoms with van der Waals surface area (Å²) in [6, 6.07) is 2.82. The molecule has 1 aromatic heterocycles. The fourth-order valence-electron chi connectivity index (χ4n) is 2.29. The molecule has 5 heteroatoms. The van der Waals surface area contributed by atoms with Crippen molar-refractivity contribution in [3.05, 3.63) is 11.8 Å². The second-order valence-electron chi connectivity index (χ2n) is 5.34. The fraction of sp³-hybridized carbons (Fsp3) is 0.692. The van der Waals surface area contributed by atoms with Crippen LogP contribution in [0.15, 0.2) is 6.07 Å². The molecule has 1 fully saturated rings. The number of nitrogens with zero attached hydrogens (tertiary/aromatic N) is 3. The van der Waals surface area contributed by atoms with Crippen molar-refractivity contribution in [1.29, 1.82) is 0 Å². The van der Waals surface area contributed by atoms with Crippen LogP contribution in [0.4, 0.5) is 11.8 Å². The van der Waals surface area contributed by atoms with Crippen LogP contribution >= 0.6 is 0 Å². The summed E-state index contributed by atoms with van der Waals surface area (Å²) in [5, 5.41) is 3.43. The van der Waals surface area contributed by atoms with Gasteiger partial charge in [0.25, 0.3) is 0 Å². The van der Waals surface area contributed by atoms with E-state index in [4.69, 9.17) is 5.73 Å². The summed E-state index contributed by atoms with van der Waals surface area (Å²) >= 11 is 0. The lowest BCUT2D eigenvalue weighted by Gasteiger charge is -2.27. The first-order valence-electron chi connectivity index (χ1n) is 6.59. The van der Waals surface area contributed by atoms with Crippen LogP contribution in [0, 0.1) is 6.92 Å².